The molecule has 1 fully saturated rings. The lowest BCUT2D eigenvalue weighted by Crippen LogP contribution is -2.50. The zero-order chi connectivity index (χ0) is 21.4. The third-order valence-corrected chi connectivity index (χ3v) is 5.59. The van der Waals surface area contributed by atoms with Gasteiger partial charge in [0, 0.05) is 35.8 Å². The predicted octanol–water partition coefficient (Wildman–Crippen LogP) is 1.61. The highest BCUT2D eigenvalue weighted by molar-refractivity contribution is 6.31. The first kappa shape index (κ1) is 20.1. The van der Waals surface area contributed by atoms with Crippen molar-refractivity contribution in [3.05, 3.63) is 63.7 Å². The first-order valence-corrected chi connectivity index (χ1v) is 9.80. The number of carbonyl (C=O) groups excluding carboxylic acids is 4. The summed E-state index contributed by atoms with van der Waals surface area (Å²) in [6.07, 6.45) is 0.785. The maximum absolute atomic E-state index is 12.6. The van der Waals surface area contributed by atoms with E-state index >= 15 is 0 Å². The molecule has 2 aromatic carbocycles. The van der Waals surface area contributed by atoms with Gasteiger partial charge in [-0.25, -0.2) is 0 Å². The minimum absolute atomic E-state index is 0.126. The Bertz CT molecular complexity index is 1080. The molecule has 2 aliphatic heterocycles. The number of nitrogens with zero attached hydrogens (tertiary/aromatic N) is 1. The molecule has 1 saturated heterocycles. The zero-order valence-corrected chi connectivity index (χ0v) is 16.7. The van der Waals surface area contributed by atoms with Crippen LogP contribution in [0.15, 0.2) is 36.4 Å². The third kappa shape index (κ3) is 3.92. The molecule has 2 aliphatic rings. The molecule has 0 saturated carbocycles. The van der Waals surface area contributed by atoms with Crippen LogP contribution in [0.2, 0.25) is 5.02 Å². The van der Waals surface area contributed by atoms with Gasteiger partial charge in [0.05, 0.1) is 11.6 Å². The Labute approximate surface area is 177 Å². The lowest BCUT2D eigenvalue weighted by Gasteiger charge is -2.29. The molecule has 2 heterocycles. The average Bonchev–Trinajstić information content (AvgIpc) is 3.12. The summed E-state index contributed by atoms with van der Waals surface area (Å²) in [5.41, 5.74) is 8.37. The number of halogens is 1. The second-order valence-electron chi connectivity index (χ2n) is 7.37. The van der Waals surface area contributed by atoms with Crippen molar-refractivity contribution in [1.82, 2.24) is 15.5 Å². The topological polar surface area (TPSA) is 122 Å². The van der Waals surface area contributed by atoms with E-state index in [1.165, 1.54) is 12.1 Å². The minimum atomic E-state index is -0.634. The van der Waals surface area contributed by atoms with Crippen LogP contribution in [0.3, 0.4) is 0 Å². The van der Waals surface area contributed by atoms with Gasteiger partial charge in [-0.2, -0.15) is 0 Å². The molecule has 0 radical (unpaired) electrons. The molecule has 2 aromatic rings. The van der Waals surface area contributed by atoms with Gasteiger partial charge in [-0.3, -0.25) is 34.7 Å². The van der Waals surface area contributed by atoms with Crippen LogP contribution in [0, 0.1) is 0 Å². The highest BCUT2D eigenvalue weighted by atomic mass is 35.5. The van der Waals surface area contributed by atoms with Crippen LogP contribution in [0.1, 0.15) is 44.7 Å². The van der Waals surface area contributed by atoms with Crippen LogP contribution in [-0.2, 0) is 22.7 Å². The molecule has 0 aromatic heterocycles. The molecule has 8 nitrogen and oxygen atoms in total. The van der Waals surface area contributed by atoms with Crippen molar-refractivity contribution in [2.45, 2.75) is 32.0 Å². The first-order valence-electron chi connectivity index (χ1n) is 9.42. The summed E-state index contributed by atoms with van der Waals surface area (Å²) in [6.45, 7) is 1.04. The zero-order valence-electron chi connectivity index (χ0n) is 15.9. The number of hydrogen-bond donors (Lipinski definition) is 3. The number of fused-ring (bicyclic) bond motifs is 1. The molecule has 4 amide bonds. The summed E-state index contributed by atoms with van der Waals surface area (Å²) in [5, 5.41) is 5.03. The molecule has 0 aliphatic carbocycles. The lowest BCUT2D eigenvalue weighted by atomic mass is 10.0. The van der Waals surface area contributed by atoms with Crippen LogP contribution >= 0.6 is 11.6 Å². The SMILES string of the molecule is Nc1ccc(Cl)cc1C(=O)NC(=O)c1ccc2c(c1)CN(C1CCC(=O)NC1=O)C2. The van der Waals surface area contributed by atoms with Crippen molar-refractivity contribution < 1.29 is 19.2 Å². The largest absolute Gasteiger partial charge is 0.398 e. The minimum Gasteiger partial charge on any atom is -0.398 e. The standard InChI is InChI=1S/C21H19ClN4O4/c22-14-3-4-16(23)15(8-14)20(29)25-19(28)11-1-2-12-9-26(10-13(12)7-11)17-5-6-18(27)24-21(17)30/h1-4,7-8,17H,5-6,9-10,23H2,(H,24,27,30)(H,25,28,29). The van der Waals surface area contributed by atoms with E-state index in [0.29, 0.717) is 36.5 Å². The number of nitrogens with two attached hydrogens (primary N) is 1. The fourth-order valence-electron chi connectivity index (χ4n) is 3.78. The second kappa shape index (κ2) is 7.89. The molecule has 9 heteroatoms. The van der Waals surface area contributed by atoms with E-state index < -0.39 is 11.8 Å². The van der Waals surface area contributed by atoms with E-state index in [1.807, 2.05) is 11.0 Å². The number of carbonyl (C=O) groups is 4. The van der Waals surface area contributed by atoms with Gasteiger partial charge in [-0.15, -0.1) is 0 Å². The number of benzene rings is 2. The van der Waals surface area contributed by atoms with Gasteiger partial charge in [0.25, 0.3) is 11.8 Å². The Hall–Kier alpha value is -3.23. The van der Waals surface area contributed by atoms with Crippen molar-refractivity contribution in [2.24, 2.45) is 0 Å². The van der Waals surface area contributed by atoms with Gasteiger partial charge in [-0.05, 0) is 47.9 Å². The number of hydrogen-bond acceptors (Lipinski definition) is 6. The Morgan fingerprint density at radius 2 is 1.83 bits per heavy atom. The fraction of sp³-hybridized carbons (Fsp3) is 0.238. The quantitative estimate of drug-likeness (QED) is 0.506. The summed E-state index contributed by atoms with van der Waals surface area (Å²) < 4.78 is 0. The monoisotopic (exact) mass is 426 g/mol. The van der Waals surface area contributed by atoms with Gasteiger partial charge < -0.3 is 5.73 Å². The molecule has 1 unspecified atom stereocenters. The van der Waals surface area contributed by atoms with Crippen LogP contribution in [0.25, 0.3) is 0 Å². The maximum atomic E-state index is 12.6. The van der Waals surface area contributed by atoms with Crippen molar-refractivity contribution in [3.63, 3.8) is 0 Å². The number of amides is 4. The van der Waals surface area contributed by atoms with Crippen molar-refractivity contribution in [3.8, 4) is 0 Å². The van der Waals surface area contributed by atoms with E-state index in [0.717, 1.165) is 11.1 Å². The van der Waals surface area contributed by atoms with E-state index in [-0.39, 0.29) is 29.1 Å². The fourth-order valence-corrected chi connectivity index (χ4v) is 3.95. The normalized spacial score (nSPS) is 18.6. The maximum Gasteiger partial charge on any atom is 0.260 e. The summed E-state index contributed by atoms with van der Waals surface area (Å²) in [7, 11) is 0. The van der Waals surface area contributed by atoms with E-state index in [4.69, 9.17) is 17.3 Å². The van der Waals surface area contributed by atoms with Gasteiger partial charge >= 0.3 is 0 Å². The van der Waals surface area contributed by atoms with E-state index in [9.17, 15) is 19.2 Å². The third-order valence-electron chi connectivity index (χ3n) is 5.35. The smallest absolute Gasteiger partial charge is 0.260 e. The Kier molecular flexibility index (Phi) is 5.27. The number of anilines is 1. The van der Waals surface area contributed by atoms with E-state index in [1.54, 1.807) is 18.2 Å². The van der Waals surface area contributed by atoms with Gasteiger partial charge in [0.15, 0.2) is 0 Å². The molecule has 30 heavy (non-hydrogen) atoms. The Morgan fingerprint density at radius 3 is 2.60 bits per heavy atom. The molecular formula is C21H19ClN4O4. The number of nitrogens with one attached hydrogen (secondary N) is 2. The number of rotatable bonds is 3. The number of piperidine rings is 1. The predicted molar refractivity (Wildman–Crippen MR) is 110 cm³/mol. The first-order chi connectivity index (χ1) is 14.3. The summed E-state index contributed by atoms with van der Waals surface area (Å²) in [6, 6.07) is 9.25. The lowest BCUT2D eigenvalue weighted by molar-refractivity contribution is -0.137. The molecule has 0 bridgehead atoms. The Morgan fingerprint density at radius 1 is 1.07 bits per heavy atom. The highest BCUT2D eigenvalue weighted by Crippen LogP contribution is 2.28. The van der Waals surface area contributed by atoms with Crippen LogP contribution < -0.4 is 16.4 Å². The summed E-state index contributed by atoms with van der Waals surface area (Å²) >= 11 is 5.90. The molecule has 4 N–H and O–H groups in total. The molecule has 1 atom stereocenters. The Balaban J connectivity index is 1.46. The molecular weight excluding hydrogens is 408 g/mol. The molecule has 4 rings (SSSR count). The molecule has 154 valence electrons. The summed E-state index contributed by atoms with van der Waals surface area (Å²) in [4.78, 5) is 50.5. The number of nitrogen functional groups attached to an aromatic ring is 1. The highest BCUT2D eigenvalue weighted by Gasteiger charge is 2.34. The number of imide groups is 2. The van der Waals surface area contributed by atoms with Crippen molar-refractivity contribution in [2.75, 3.05) is 5.73 Å². The summed E-state index contributed by atoms with van der Waals surface area (Å²) in [5.74, 6) is -1.73. The van der Waals surface area contributed by atoms with Gasteiger partial charge in [0.1, 0.15) is 0 Å². The van der Waals surface area contributed by atoms with Crippen LogP contribution in [0.4, 0.5) is 5.69 Å². The van der Waals surface area contributed by atoms with Crippen molar-refractivity contribution >= 4 is 40.9 Å². The van der Waals surface area contributed by atoms with Crippen LogP contribution in [0.5, 0.6) is 0 Å². The van der Waals surface area contributed by atoms with Crippen molar-refractivity contribution in [1.29, 1.82) is 0 Å². The average molecular weight is 427 g/mol. The van der Waals surface area contributed by atoms with E-state index in [2.05, 4.69) is 10.6 Å². The second-order valence-corrected chi connectivity index (χ2v) is 7.81. The molecule has 0 spiro atoms. The van der Waals surface area contributed by atoms with Crippen LogP contribution in [-0.4, -0.2) is 34.6 Å². The van der Waals surface area contributed by atoms with Gasteiger partial charge in [0.2, 0.25) is 11.8 Å². The van der Waals surface area contributed by atoms with Gasteiger partial charge in [-0.1, -0.05) is 17.7 Å².